The summed E-state index contributed by atoms with van der Waals surface area (Å²) in [5.41, 5.74) is 0.585. The monoisotopic (exact) mass is 342 g/mol. The minimum Gasteiger partial charge on any atom is -0.383 e. The second kappa shape index (κ2) is 6.45. The summed E-state index contributed by atoms with van der Waals surface area (Å²) in [6.07, 6.45) is 2.60. The van der Waals surface area contributed by atoms with Gasteiger partial charge in [-0.3, -0.25) is 9.48 Å². The van der Waals surface area contributed by atoms with Crippen LogP contribution < -0.4 is 0 Å². The highest BCUT2D eigenvalue weighted by Crippen LogP contribution is 2.24. The zero-order valence-corrected chi connectivity index (χ0v) is 13.3. The third-order valence-electron chi connectivity index (χ3n) is 2.75. The zero-order chi connectivity index (χ0) is 13.8. The first kappa shape index (κ1) is 14.4. The number of hydrogen-bond acceptors (Lipinski definition) is 4. The van der Waals surface area contributed by atoms with Gasteiger partial charge in [0.1, 0.15) is 5.69 Å². The normalized spacial score (nSPS) is 10.9. The number of aryl methyl sites for hydroxylation is 1. The van der Waals surface area contributed by atoms with E-state index in [1.165, 1.54) is 16.2 Å². The summed E-state index contributed by atoms with van der Waals surface area (Å²) in [5.74, 6) is 0.00479. The van der Waals surface area contributed by atoms with Crippen molar-refractivity contribution in [1.82, 2.24) is 9.78 Å². The first-order valence-electron chi connectivity index (χ1n) is 6.01. The Morgan fingerprint density at radius 3 is 2.95 bits per heavy atom. The van der Waals surface area contributed by atoms with E-state index < -0.39 is 0 Å². The van der Waals surface area contributed by atoms with E-state index in [4.69, 9.17) is 4.74 Å². The molecular weight excluding hydrogens is 328 g/mol. The van der Waals surface area contributed by atoms with Crippen LogP contribution in [0.25, 0.3) is 0 Å². The zero-order valence-electron chi connectivity index (χ0n) is 10.9. The molecule has 2 rings (SSSR count). The molecule has 0 unspecified atom stereocenters. The molecule has 0 N–H and O–H groups in total. The van der Waals surface area contributed by atoms with Gasteiger partial charge >= 0.3 is 0 Å². The van der Waals surface area contributed by atoms with E-state index in [1.807, 2.05) is 12.1 Å². The number of carbonyl (C=O) groups is 1. The Hall–Kier alpha value is -0.980. The first-order valence-corrected chi connectivity index (χ1v) is 7.62. The van der Waals surface area contributed by atoms with Crippen molar-refractivity contribution in [3.8, 4) is 0 Å². The van der Waals surface area contributed by atoms with E-state index >= 15 is 0 Å². The Kier molecular flexibility index (Phi) is 4.90. The molecule has 0 spiro atoms. The summed E-state index contributed by atoms with van der Waals surface area (Å²) in [6, 6.07) is 3.88. The Balaban J connectivity index is 2.29. The molecule has 2 aromatic rings. The highest BCUT2D eigenvalue weighted by Gasteiger charge is 2.20. The summed E-state index contributed by atoms with van der Waals surface area (Å²) < 4.78 is 7.44. The van der Waals surface area contributed by atoms with Crippen LogP contribution in [0.15, 0.2) is 22.8 Å². The summed E-state index contributed by atoms with van der Waals surface area (Å²) in [5, 5.41) is 4.20. The van der Waals surface area contributed by atoms with Gasteiger partial charge in [0.2, 0.25) is 5.78 Å². The third kappa shape index (κ3) is 3.13. The molecule has 0 atom stereocenters. The van der Waals surface area contributed by atoms with E-state index in [2.05, 4.69) is 28.0 Å². The summed E-state index contributed by atoms with van der Waals surface area (Å²) in [7, 11) is 1.63. The fourth-order valence-electron chi connectivity index (χ4n) is 1.74. The smallest absolute Gasteiger partial charge is 0.222 e. The molecule has 0 radical (unpaired) electrons. The molecule has 4 nitrogen and oxygen atoms in total. The van der Waals surface area contributed by atoms with Crippen molar-refractivity contribution in [2.24, 2.45) is 0 Å². The second-order valence-corrected chi connectivity index (χ2v) is 6.03. The van der Waals surface area contributed by atoms with Crippen LogP contribution in [0, 0.1) is 0 Å². The number of carbonyl (C=O) groups excluding carboxylic acids is 1. The Morgan fingerprint density at radius 2 is 2.32 bits per heavy atom. The fourth-order valence-corrected chi connectivity index (χ4v) is 3.11. The Bertz CT molecular complexity index is 577. The molecule has 2 aromatic heterocycles. The van der Waals surface area contributed by atoms with Gasteiger partial charge in [0.15, 0.2) is 0 Å². The Morgan fingerprint density at radius 1 is 1.53 bits per heavy atom. The van der Waals surface area contributed by atoms with E-state index in [0.717, 1.165) is 15.8 Å². The fraction of sp³-hybridized carbons (Fsp3) is 0.385. The molecule has 0 aliphatic rings. The van der Waals surface area contributed by atoms with Crippen molar-refractivity contribution >= 4 is 33.0 Å². The quantitative estimate of drug-likeness (QED) is 0.757. The largest absolute Gasteiger partial charge is 0.383 e. The second-order valence-electron chi connectivity index (χ2n) is 4.01. The molecule has 0 aromatic carbocycles. The van der Waals surface area contributed by atoms with E-state index in [0.29, 0.717) is 18.8 Å². The first-order chi connectivity index (χ1) is 9.17. The molecule has 6 heteroatoms. The topological polar surface area (TPSA) is 44.1 Å². The number of aromatic nitrogens is 2. The Labute approximate surface area is 124 Å². The van der Waals surface area contributed by atoms with Crippen molar-refractivity contribution in [2.45, 2.75) is 19.9 Å². The lowest BCUT2D eigenvalue weighted by Gasteiger charge is -2.05. The van der Waals surface area contributed by atoms with E-state index in [-0.39, 0.29) is 5.78 Å². The van der Waals surface area contributed by atoms with Crippen LogP contribution in [0.2, 0.25) is 0 Å². The molecule has 0 aliphatic heterocycles. The van der Waals surface area contributed by atoms with Gasteiger partial charge in [-0.2, -0.15) is 5.10 Å². The van der Waals surface area contributed by atoms with Crippen LogP contribution in [0.5, 0.6) is 0 Å². The van der Waals surface area contributed by atoms with Crippen molar-refractivity contribution in [1.29, 1.82) is 0 Å². The molecule has 0 fully saturated rings. The standard InChI is InChI=1S/C13H15BrN2O2S/c1-3-9-4-5-11(19-9)13(17)12-10(14)8-15-16(12)6-7-18-2/h4-5,8H,3,6-7H2,1-2H3. The summed E-state index contributed by atoms with van der Waals surface area (Å²) in [6.45, 7) is 3.17. The molecular formula is C13H15BrN2O2S. The van der Waals surface area contributed by atoms with Crippen LogP contribution >= 0.6 is 27.3 Å². The molecule has 0 bridgehead atoms. The van der Waals surface area contributed by atoms with Gasteiger partial charge in [-0.05, 0) is 34.5 Å². The van der Waals surface area contributed by atoms with Crippen LogP contribution in [0.3, 0.4) is 0 Å². The van der Waals surface area contributed by atoms with Crippen LogP contribution in [0.1, 0.15) is 27.2 Å². The highest BCUT2D eigenvalue weighted by atomic mass is 79.9. The lowest BCUT2D eigenvalue weighted by Crippen LogP contribution is -2.14. The maximum Gasteiger partial charge on any atom is 0.222 e. The number of thiophene rings is 1. The van der Waals surface area contributed by atoms with Crippen LogP contribution in [0.4, 0.5) is 0 Å². The van der Waals surface area contributed by atoms with Crippen molar-refractivity contribution < 1.29 is 9.53 Å². The number of methoxy groups -OCH3 is 1. The molecule has 0 saturated heterocycles. The average molecular weight is 343 g/mol. The summed E-state index contributed by atoms with van der Waals surface area (Å²) in [4.78, 5) is 14.5. The molecule has 0 aliphatic carbocycles. The van der Waals surface area contributed by atoms with Gasteiger partial charge in [0.25, 0.3) is 0 Å². The molecule has 19 heavy (non-hydrogen) atoms. The predicted octanol–water partition coefficient (Wildman–Crippen LogP) is 3.15. The molecule has 0 saturated carbocycles. The molecule has 0 amide bonds. The maximum absolute atomic E-state index is 12.5. The predicted molar refractivity (Wildman–Crippen MR) is 78.9 cm³/mol. The van der Waals surface area contributed by atoms with E-state index in [9.17, 15) is 4.79 Å². The highest BCUT2D eigenvalue weighted by molar-refractivity contribution is 9.10. The number of hydrogen-bond donors (Lipinski definition) is 0. The van der Waals surface area contributed by atoms with E-state index in [1.54, 1.807) is 18.0 Å². The van der Waals surface area contributed by atoms with Crippen molar-refractivity contribution in [3.63, 3.8) is 0 Å². The van der Waals surface area contributed by atoms with Crippen molar-refractivity contribution in [3.05, 3.63) is 38.3 Å². The van der Waals surface area contributed by atoms with Crippen LogP contribution in [-0.4, -0.2) is 29.3 Å². The van der Waals surface area contributed by atoms with Gasteiger partial charge in [0.05, 0.1) is 28.7 Å². The molecule has 2 heterocycles. The molecule has 102 valence electrons. The number of nitrogens with zero attached hydrogens (tertiary/aromatic N) is 2. The minimum absolute atomic E-state index is 0.00479. The van der Waals surface area contributed by atoms with Gasteiger partial charge in [-0.1, -0.05) is 6.92 Å². The number of ether oxygens (including phenoxy) is 1. The SMILES string of the molecule is CCc1ccc(C(=O)c2c(Br)cnn2CCOC)s1. The van der Waals surface area contributed by atoms with Crippen molar-refractivity contribution in [2.75, 3.05) is 13.7 Å². The lowest BCUT2D eigenvalue weighted by molar-refractivity contribution is 0.102. The van der Waals surface area contributed by atoms with Gasteiger partial charge in [-0.25, -0.2) is 0 Å². The third-order valence-corrected chi connectivity index (χ3v) is 4.56. The van der Waals surface area contributed by atoms with Crippen LogP contribution in [-0.2, 0) is 17.7 Å². The minimum atomic E-state index is 0.00479. The maximum atomic E-state index is 12.5. The summed E-state index contributed by atoms with van der Waals surface area (Å²) >= 11 is 4.93. The van der Waals surface area contributed by atoms with Gasteiger partial charge in [0, 0.05) is 12.0 Å². The number of rotatable bonds is 6. The lowest BCUT2D eigenvalue weighted by atomic mass is 10.2. The number of ketones is 1. The van der Waals surface area contributed by atoms with Gasteiger partial charge in [-0.15, -0.1) is 11.3 Å². The average Bonchev–Trinajstić information content (AvgIpc) is 3.02. The number of halogens is 1. The van der Waals surface area contributed by atoms with Gasteiger partial charge < -0.3 is 4.74 Å².